The predicted octanol–water partition coefficient (Wildman–Crippen LogP) is 4.08. The highest BCUT2D eigenvalue weighted by molar-refractivity contribution is 7.71. The van der Waals surface area contributed by atoms with Crippen molar-refractivity contribution in [2.24, 2.45) is 0 Å². The van der Waals surface area contributed by atoms with Gasteiger partial charge in [-0.15, -0.1) is 17.9 Å². The first-order valence-electron chi connectivity index (χ1n) is 7.33. The molecule has 0 radical (unpaired) electrons. The van der Waals surface area contributed by atoms with Crippen molar-refractivity contribution in [2.45, 2.75) is 13.0 Å². The number of carbonyl (C=O) groups excluding carboxylic acids is 1. The second-order valence-corrected chi connectivity index (χ2v) is 6.81. The number of amides is 1. The fraction of sp³-hybridized carbons (Fsp3) is 0.125. The van der Waals surface area contributed by atoms with E-state index in [9.17, 15) is 4.79 Å². The minimum absolute atomic E-state index is 0.252. The highest BCUT2D eigenvalue weighted by Crippen LogP contribution is 2.19. The van der Waals surface area contributed by atoms with Crippen LogP contribution in [0.25, 0.3) is 0 Å². The number of thiazole rings is 1. The molecule has 0 saturated heterocycles. The zero-order valence-electron chi connectivity index (χ0n) is 13.0. The molecule has 0 fully saturated rings. The first-order chi connectivity index (χ1) is 12.1. The average Bonchev–Trinajstić information content (AvgIpc) is 3.16. The molecule has 0 atom stereocenters. The van der Waals surface area contributed by atoms with Crippen molar-refractivity contribution in [3.63, 3.8) is 0 Å². The topological polar surface area (TPSA) is 75.6 Å². The lowest BCUT2D eigenvalue weighted by Gasteiger charge is -2.02. The van der Waals surface area contributed by atoms with Crippen LogP contribution < -0.4 is 5.32 Å². The molecule has 3 rings (SSSR count). The summed E-state index contributed by atoms with van der Waals surface area (Å²) in [6, 6.07) is 6.75. The van der Waals surface area contributed by atoms with Gasteiger partial charge in [-0.25, -0.2) is 4.98 Å². The van der Waals surface area contributed by atoms with Crippen LogP contribution in [0.4, 0.5) is 5.13 Å². The van der Waals surface area contributed by atoms with Crippen LogP contribution in [0.3, 0.4) is 0 Å². The fourth-order valence-electron chi connectivity index (χ4n) is 2.21. The third-order valence-electron chi connectivity index (χ3n) is 3.35. The van der Waals surface area contributed by atoms with Crippen molar-refractivity contribution >= 4 is 46.2 Å². The maximum Gasteiger partial charge on any atom is 0.257 e. The third kappa shape index (κ3) is 4.22. The van der Waals surface area contributed by atoms with Gasteiger partial charge in [0.05, 0.1) is 12.1 Å². The average molecular weight is 392 g/mol. The lowest BCUT2D eigenvalue weighted by molar-refractivity contribution is 0.102. The van der Waals surface area contributed by atoms with Gasteiger partial charge in [-0.2, -0.15) is 5.10 Å². The number of anilines is 1. The number of H-pyrrole nitrogens is 1. The number of hydrogen-bond donors (Lipinski definition) is 2. The third-order valence-corrected chi connectivity index (χ3v) is 4.70. The van der Waals surface area contributed by atoms with Gasteiger partial charge in [0.2, 0.25) is 0 Å². The van der Waals surface area contributed by atoms with Crippen LogP contribution in [-0.4, -0.2) is 25.7 Å². The molecular formula is C16H14ClN5OS2. The number of nitrogens with one attached hydrogen (secondary N) is 2. The SMILES string of the molecule is C=CCn1c(Cc2csc(NC(=O)c3cccc(Cl)c3)n2)n[nH]c1=S. The van der Waals surface area contributed by atoms with E-state index in [0.29, 0.717) is 33.5 Å². The zero-order valence-corrected chi connectivity index (χ0v) is 15.4. The fourth-order valence-corrected chi connectivity index (χ4v) is 3.33. The van der Waals surface area contributed by atoms with Crippen molar-refractivity contribution in [2.75, 3.05) is 5.32 Å². The number of benzene rings is 1. The molecule has 0 aliphatic carbocycles. The highest BCUT2D eigenvalue weighted by Gasteiger charge is 2.12. The molecule has 2 N–H and O–H groups in total. The first-order valence-corrected chi connectivity index (χ1v) is 8.99. The van der Waals surface area contributed by atoms with Crippen molar-refractivity contribution in [3.8, 4) is 0 Å². The number of nitrogens with zero attached hydrogens (tertiary/aromatic N) is 3. The molecule has 0 aliphatic rings. The molecular weight excluding hydrogens is 378 g/mol. The van der Waals surface area contributed by atoms with E-state index in [1.807, 2.05) is 9.95 Å². The Hall–Kier alpha value is -2.29. The van der Waals surface area contributed by atoms with Gasteiger partial charge in [0.15, 0.2) is 9.90 Å². The van der Waals surface area contributed by atoms with E-state index in [1.165, 1.54) is 11.3 Å². The minimum Gasteiger partial charge on any atom is -0.300 e. The minimum atomic E-state index is -0.252. The van der Waals surface area contributed by atoms with Gasteiger partial charge in [-0.1, -0.05) is 23.7 Å². The number of aromatic amines is 1. The van der Waals surface area contributed by atoms with Crippen LogP contribution in [0.5, 0.6) is 0 Å². The Labute approximate surface area is 158 Å². The molecule has 0 bridgehead atoms. The van der Waals surface area contributed by atoms with Crippen LogP contribution in [0.1, 0.15) is 21.9 Å². The van der Waals surface area contributed by atoms with E-state index in [0.717, 1.165) is 11.5 Å². The molecule has 1 amide bonds. The summed E-state index contributed by atoms with van der Waals surface area (Å²) < 4.78 is 2.39. The molecule has 2 aromatic heterocycles. The van der Waals surface area contributed by atoms with Gasteiger partial charge in [-0.05, 0) is 30.4 Å². The molecule has 0 saturated carbocycles. The maximum absolute atomic E-state index is 12.2. The maximum atomic E-state index is 12.2. The number of allylic oxidation sites excluding steroid dienone is 1. The molecule has 25 heavy (non-hydrogen) atoms. The summed E-state index contributed by atoms with van der Waals surface area (Å²) in [6.45, 7) is 4.29. The Morgan fingerprint density at radius 2 is 2.36 bits per heavy atom. The predicted molar refractivity (Wildman–Crippen MR) is 102 cm³/mol. The summed E-state index contributed by atoms with van der Waals surface area (Å²) in [4.78, 5) is 16.7. The van der Waals surface area contributed by atoms with Crippen LogP contribution >= 0.6 is 35.2 Å². The molecule has 9 heteroatoms. The Balaban J connectivity index is 1.71. The molecule has 6 nitrogen and oxygen atoms in total. The van der Waals surface area contributed by atoms with E-state index in [1.54, 1.807) is 30.3 Å². The van der Waals surface area contributed by atoms with Crippen molar-refractivity contribution in [1.82, 2.24) is 19.7 Å². The summed E-state index contributed by atoms with van der Waals surface area (Å²) in [5.41, 5.74) is 1.28. The number of aromatic nitrogens is 4. The summed E-state index contributed by atoms with van der Waals surface area (Å²) in [6.07, 6.45) is 2.26. The quantitative estimate of drug-likeness (QED) is 0.490. The molecule has 128 valence electrons. The van der Waals surface area contributed by atoms with Gasteiger partial charge in [0, 0.05) is 22.5 Å². The standard InChI is InChI=1S/C16H14ClN5OS2/c1-2-6-22-13(20-21-16(22)24)8-12-9-25-15(18-12)19-14(23)10-4-3-5-11(17)7-10/h2-5,7,9H,1,6,8H2,(H,21,24)(H,18,19,23). The van der Waals surface area contributed by atoms with E-state index >= 15 is 0 Å². The lowest BCUT2D eigenvalue weighted by atomic mass is 10.2. The number of hydrogen-bond acceptors (Lipinski definition) is 5. The van der Waals surface area contributed by atoms with E-state index in [-0.39, 0.29) is 5.91 Å². The summed E-state index contributed by atoms with van der Waals surface area (Å²) in [7, 11) is 0. The monoisotopic (exact) mass is 391 g/mol. The van der Waals surface area contributed by atoms with Gasteiger partial charge < -0.3 is 0 Å². The normalized spacial score (nSPS) is 10.6. The van der Waals surface area contributed by atoms with E-state index < -0.39 is 0 Å². The molecule has 0 spiro atoms. The molecule has 0 aliphatic heterocycles. The van der Waals surface area contributed by atoms with Crippen molar-refractivity contribution < 1.29 is 4.79 Å². The number of rotatable bonds is 6. The summed E-state index contributed by atoms with van der Waals surface area (Å²) >= 11 is 12.5. The second-order valence-electron chi connectivity index (χ2n) is 5.13. The molecule has 0 unspecified atom stereocenters. The van der Waals surface area contributed by atoms with Crippen LogP contribution in [0.15, 0.2) is 42.3 Å². The molecule has 1 aromatic carbocycles. The van der Waals surface area contributed by atoms with Crippen LogP contribution in [-0.2, 0) is 13.0 Å². The Kier molecular flexibility index (Phi) is 5.42. The van der Waals surface area contributed by atoms with Crippen molar-refractivity contribution in [1.29, 1.82) is 0 Å². The Bertz CT molecular complexity index is 975. The summed E-state index contributed by atoms with van der Waals surface area (Å²) in [5, 5.41) is 12.7. The Morgan fingerprint density at radius 1 is 1.52 bits per heavy atom. The zero-order chi connectivity index (χ0) is 17.8. The van der Waals surface area contributed by atoms with Gasteiger partial charge in [0.25, 0.3) is 5.91 Å². The van der Waals surface area contributed by atoms with Gasteiger partial charge in [-0.3, -0.25) is 19.8 Å². The largest absolute Gasteiger partial charge is 0.300 e. The summed E-state index contributed by atoms with van der Waals surface area (Å²) in [5.74, 6) is 0.514. The number of halogens is 1. The lowest BCUT2D eigenvalue weighted by Crippen LogP contribution is -2.11. The van der Waals surface area contributed by atoms with Gasteiger partial charge in [0.1, 0.15) is 5.82 Å². The molecule has 3 aromatic rings. The van der Waals surface area contributed by atoms with E-state index in [2.05, 4.69) is 27.1 Å². The highest BCUT2D eigenvalue weighted by atomic mass is 35.5. The molecule has 2 heterocycles. The van der Waals surface area contributed by atoms with E-state index in [4.69, 9.17) is 23.8 Å². The smallest absolute Gasteiger partial charge is 0.257 e. The first kappa shape index (κ1) is 17.5. The van der Waals surface area contributed by atoms with Crippen molar-refractivity contribution in [3.05, 3.63) is 69.2 Å². The Morgan fingerprint density at radius 3 is 3.12 bits per heavy atom. The van der Waals surface area contributed by atoms with Gasteiger partial charge >= 0.3 is 0 Å². The second kappa shape index (κ2) is 7.73. The number of carbonyl (C=O) groups is 1. The van der Waals surface area contributed by atoms with Crippen LogP contribution in [0.2, 0.25) is 5.02 Å². The van der Waals surface area contributed by atoms with Crippen LogP contribution in [0, 0.1) is 4.77 Å².